The summed E-state index contributed by atoms with van der Waals surface area (Å²) in [6.07, 6.45) is 4.78. The summed E-state index contributed by atoms with van der Waals surface area (Å²) >= 11 is 0. The maximum absolute atomic E-state index is 2.54. The topological polar surface area (TPSA) is 3.24 Å². The molecular formula is C49H41N. The average Bonchev–Trinajstić information content (AvgIpc) is 3.41. The number of rotatable bonds is 6. The normalized spacial score (nSPS) is 14.0. The fraction of sp³-hybridized carbons (Fsp3) is 0.143. The number of hydrogen-bond acceptors (Lipinski definition) is 1. The van der Waals surface area contributed by atoms with Crippen LogP contribution >= 0.6 is 0 Å². The van der Waals surface area contributed by atoms with Crippen LogP contribution in [0.2, 0.25) is 0 Å². The quantitative estimate of drug-likeness (QED) is 0.174. The van der Waals surface area contributed by atoms with E-state index < -0.39 is 0 Å². The van der Waals surface area contributed by atoms with Crippen molar-refractivity contribution in [2.24, 2.45) is 0 Å². The summed E-state index contributed by atoms with van der Waals surface area (Å²) in [6, 6.07) is 60.7. The van der Waals surface area contributed by atoms with Crippen LogP contribution in [0.5, 0.6) is 0 Å². The van der Waals surface area contributed by atoms with Gasteiger partial charge < -0.3 is 4.90 Å². The molecule has 0 saturated carbocycles. The Hall–Kier alpha value is -5.66. The van der Waals surface area contributed by atoms with E-state index in [1.165, 1.54) is 91.0 Å². The summed E-state index contributed by atoms with van der Waals surface area (Å²) in [4.78, 5) is 2.54. The number of anilines is 3. The fourth-order valence-corrected chi connectivity index (χ4v) is 8.54. The van der Waals surface area contributed by atoms with E-state index >= 15 is 0 Å². The van der Waals surface area contributed by atoms with Crippen LogP contribution in [0, 0.1) is 0 Å². The average molecular weight is 644 g/mol. The highest BCUT2D eigenvalue weighted by Crippen LogP contribution is 2.54. The molecule has 7 aromatic rings. The van der Waals surface area contributed by atoms with Gasteiger partial charge in [0.2, 0.25) is 0 Å². The minimum absolute atomic E-state index is 0.128. The number of aryl methyl sites for hydroxylation is 1. The predicted octanol–water partition coefficient (Wildman–Crippen LogP) is 13.3. The summed E-state index contributed by atoms with van der Waals surface area (Å²) in [7, 11) is 0. The molecule has 242 valence electrons. The van der Waals surface area contributed by atoms with Crippen LogP contribution in [0.25, 0.3) is 44.5 Å². The lowest BCUT2D eigenvalue weighted by molar-refractivity contribution is 0.660. The Morgan fingerprint density at radius 2 is 1.04 bits per heavy atom. The van der Waals surface area contributed by atoms with Crippen molar-refractivity contribution in [3.63, 3.8) is 0 Å². The van der Waals surface area contributed by atoms with Crippen molar-refractivity contribution in [2.45, 2.75) is 44.9 Å². The van der Waals surface area contributed by atoms with Gasteiger partial charge in [-0.1, -0.05) is 147 Å². The van der Waals surface area contributed by atoms with Crippen LogP contribution in [-0.2, 0) is 18.3 Å². The molecule has 2 aliphatic carbocycles. The van der Waals surface area contributed by atoms with Crippen molar-refractivity contribution >= 4 is 17.1 Å². The molecule has 2 aliphatic rings. The summed E-state index contributed by atoms with van der Waals surface area (Å²) < 4.78 is 0. The van der Waals surface area contributed by atoms with Crippen molar-refractivity contribution in [1.82, 2.24) is 0 Å². The zero-order chi connectivity index (χ0) is 33.7. The molecule has 0 N–H and O–H groups in total. The van der Waals surface area contributed by atoms with Crippen LogP contribution in [0.3, 0.4) is 0 Å². The van der Waals surface area contributed by atoms with Crippen molar-refractivity contribution in [3.05, 3.63) is 186 Å². The lowest BCUT2D eigenvalue weighted by Crippen LogP contribution is -2.18. The monoisotopic (exact) mass is 643 g/mol. The third kappa shape index (κ3) is 5.08. The van der Waals surface area contributed by atoms with Crippen molar-refractivity contribution in [1.29, 1.82) is 0 Å². The van der Waals surface area contributed by atoms with Gasteiger partial charge in [0.05, 0.1) is 11.4 Å². The number of para-hydroxylation sites is 1. The first-order valence-corrected chi connectivity index (χ1v) is 18.1. The molecule has 7 aromatic carbocycles. The van der Waals surface area contributed by atoms with Crippen LogP contribution in [0.4, 0.5) is 17.1 Å². The summed E-state index contributed by atoms with van der Waals surface area (Å²) in [5.41, 5.74) is 19.4. The molecule has 0 spiro atoms. The van der Waals surface area contributed by atoms with Crippen LogP contribution in [-0.4, -0.2) is 0 Å². The fourth-order valence-electron chi connectivity index (χ4n) is 8.54. The first-order valence-electron chi connectivity index (χ1n) is 18.1. The van der Waals surface area contributed by atoms with E-state index in [2.05, 4.69) is 183 Å². The molecule has 0 atom stereocenters. The highest BCUT2D eigenvalue weighted by molar-refractivity contribution is 5.98. The second-order valence-corrected chi connectivity index (χ2v) is 14.4. The Kier molecular flexibility index (Phi) is 7.50. The number of benzene rings is 7. The van der Waals surface area contributed by atoms with E-state index in [4.69, 9.17) is 0 Å². The molecule has 50 heavy (non-hydrogen) atoms. The predicted molar refractivity (Wildman–Crippen MR) is 212 cm³/mol. The Morgan fingerprint density at radius 1 is 0.420 bits per heavy atom. The summed E-state index contributed by atoms with van der Waals surface area (Å²) in [5.74, 6) is 0. The lowest BCUT2D eigenvalue weighted by Gasteiger charge is -2.33. The highest BCUT2D eigenvalue weighted by atomic mass is 15.1. The molecule has 0 heterocycles. The SMILES string of the molecule is CC1(C)c2ccccc2-c2cc(-c3cccc4c3CCCC4)c(N(c3ccc(-c4ccccc4)cc3)c3ccccc3-c3ccccc3)cc21. The Morgan fingerprint density at radius 3 is 1.82 bits per heavy atom. The van der Waals surface area contributed by atoms with E-state index in [-0.39, 0.29) is 5.41 Å². The van der Waals surface area contributed by atoms with Crippen molar-refractivity contribution in [2.75, 3.05) is 4.90 Å². The molecule has 0 fully saturated rings. The molecule has 0 aromatic heterocycles. The second kappa shape index (κ2) is 12.3. The van der Waals surface area contributed by atoms with Gasteiger partial charge in [0, 0.05) is 22.2 Å². The van der Waals surface area contributed by atoms with Gasteiger partial charge in [-0.3, -0.25) is 0 Å². The van der Waals surface area contributed by atoms with Gasteiger partial charge in [-0.2, -0.15) is 0 Å². The van der Waals surface area contributed by atoms with Gasteiger partial charge in [-0.05, 0) is 112 Å². The molecule has 0 bridgehead atoms. The Bertz CT molecular complexity index is 2330. The molecule has 0 aliphatic heterocycles. The minimum atomic E-state index is -0.128. The molecule has 1 heteroatoms. The largest absolute Gasteiger partial charge is 0.309 e. The van der Waals surface area contributed by atoms with Crippen LogP contribution in [0.15, 0.2) is 164 Å². The van der Waals surface area contributed by atoms with Gasteiger partial charge in [0.15, 0.2) is 0 Å². The lowest BCUT2D eigenvalue weighted by atomic mass is 9.80. The molecule has 9 rings (SSSR count). The molecule has 0 saturated heterocycles. The van der Waals surface area contributed by atoms with Gasteiger partial charge in [0.1, 0.15) is 0 Å². The van der Waals surface area contributed by atoms with E-state index in [0.29, 0.717) is 0 Å². The maximum Gasteiger partial charge on any atom is 0.0543 e. The number of nitrogens with zero attached hydrogens (tertiary/aromatic N) is 1. The Labute approximate surface area is 296 Å². The number of hydrogen-bond donors (Lipinski definition) is 0. The standard InChI is InChI=1S/C49H41N/c1-49(2)45-26-13-11-24-42(45)43-32-44(41-25-15-21-36-20-9-10-22-39(36)41)48(33-46(43)49)50(38-30-28-35(29-31-38)34-16-5-3-6-17-34)47-27-14-12-23-40(47)37-18-7-4-8-19-37/h3-8,11-19,21,23-33H,9-10,20,22H2,1-2H3. The van der Waals surface area contributed by atoms with E-state index in [1.807, 2.05) is 0 Å². The molecule has 0 radical (unpaired) electrons. The maximum atomic E-state index is 2.54. The summed E-state index contributed by atoms with van der Waals surface area (Å²) in [6.45, 7) is 4.78. The van der Waals surface area contributed by atoms with E-state index in [0.717, 1.165) is 18.5 Å². The summed E-state index contributed by atoms with van der Waals surface area (Å²) in [5, 5.41) is 0. The van der Waals surface area contributed by atoms with Gasteiger partial charge >= 0.3 is 0 Å². The van der Waals surface area contributed by atoms with Gasteiger partial charge in [-0.25, -0.2) is 0 Å². The van der Waals surface area contributed by atoms with Crippen LogP contribution < -0.4 is 4.90 Å². The third-order valence-corrected chi connectivity index (χ3v) is 11.1. The van der Waals surface area contributed by atoms with E-state index in [9.17, 15) is 0 Å². The first kappa shape index (κ1) is 30.4. The van der Waals surface area contributed by atoms with Crippen LogP contribution in [0.1, 0.15) is 48.9 Å². The zero-order valence-corrected chi connectivity index (χ0v) is 28.9. The van der Waals surface area contributed by atoms with Gasteiger partial charge in [-0.15, -0.1) is 0 Å². The first-order chi connectivity index (χ1) is 24.6. The smallest absolute Gasteiger partial charge is 0.0543 e. The highest BCUT2D eigenvalue weighted by Gasteiger charge is 2.37. The van der Waals surface area contributed by atoms with Crippen molar-refractivity contribution < 1.29 is 0 Å². The van der Waals surface area contributed by atoms with E-state index in [1.54, 1.807) is 0 Å². The van der Waals surface area contributed by atoms with Gasteiger partial charge in [0.25, 0.3) is 0 Å². The Balaban J connectivity index is 1.35. The second-order valence-electron chi connectivity index (χ2n) is 14.4. The molecule has 1 nitrogen and oxygen atoms in total. The molecular weight excluding hydrogens is 603 g/mol. The molecule has 0 unspecified atom stereocenters. The third-order valence-electron chi connectivity index (χ3n) is 11.1. The molecule has 0 amide bonds. The van der Waals surface area contributed by atoms with Crippen molar-refractivity contribution in [3.8, 4) is 44.5 Å². The zero-order valence-electron chi connectivity index (χ0n) is 28.9. The number of fused-ring (bicyclic) bond motifs is 4. The minimum Gasteiger partial charge on any atom is -0.309 e.